The van der Waals surface area contributed by atoms with Crippen molar-refractivity contribution in [1.29, 1.82) is 0 Å². The van der Waals surface area contributed by atoms with Crippen LogP contribution in [0.4, 0.5) is 5.69 Å². The third-order valence-electron chi connectivity index (χ3n) is 5.83. The van der Waals surface area contributed by atoms with Gasteiger partial charge in [0.25, 0.3) is 5.69 Å². The quantitative estimate of drug-likeness (QED) is 0.159. The number of nitro benzene ring substituents is 1. The van der Waals surface area contributed by atoms with Crippen LogP contribution in [0.3, 0.4) is 0 Å². The van der Waals surface area contributed by atoms with E-state index in [2.05, 4.69) is 19.7 Å². The Bertz CT molecular complexity index is 1210. The van der Waals surface area contributed by atoms with Gasteiger partial charge in [-0.15, -0.1) is 22.0 Å². The number of rotatable bonds is 8. The van der Waals surface area contributed by atoms with Crippen LogP contribution in [0.25, 0.3) is 0 Å². The van der Waals surface area contributed by atoms with Gasteiger partial charge < -0.3 is 19.1 Å². The molecule has 14 nitrogen and oxygen atoms in total. The molecule has 0 aliphatic carbocycles. The molecule has 3 unspecified atom stereocenters. The first kappa shape index (κ1) is 25.1. The smallest absolute Gasteiger partial charge is 0.361 e. The number of fused-ring (bicyclic) bond motifs is 1. The number of hydrogen-bond acceptors (Lipinski definition) is 12. The second-order valence-corrected chi connectivity index (χ2v) is 9.95. The van der Waals surface area contributed by atoms with E-state index in [-0.39, 0.29) is 47.9 Å². The number of nitro groups is 1. The number of hydrogen-bond donors (Lipinski definition) is 0. The van der Waals surface area contributed by atoms with Gasteiger partial charge in [0.1, 0.15) is 12.6 Å². The standard InChI is InChI=1S/C21H21N5O9S/c1-21(10-24-22-15(18(28)33-2)16(23-24)19(29)34-3)17(25-13(27)8-14(25)36-21)20(30)35-9-11-4-6-12(7-5-11)26(31)32/h4-7,14,17H,8-10H2,1-3H3. The van der Waals surface area contributed by atoms with E-state index in [4.69, 9.17) is 4.74 Å². The number of amides is 1. The largest absolute Gasteiger partial charge is 0.464 e. The summed E-state index contributed by atoms with van der Waals surface area (Å²) in [6.07, 6.45) is 0.250. The Balaban J connectivity index is 1.56. The Morgan fingerprint density at radius 3 is 2.22 bits per heavy atom. The van der Waals surface area contributed by atoms with Crippen LogP contribution in [-0.2, 0) is 37.0 Å². The highest BCUT2D eigenvalue weighted by Crippen LogP contribution is 2.52. The molecule has 2 fully saturated rings. The molecule has 190 valence electrons. The normalized spacial score (nSPS) is 22.4. The van der Waals surface area contributed by atoms with Gasteiger partial charge in [-0.2, -0.15) is 4.80 Å². The molecule has 0 spiro atoms. The van der Waals surface area contributed by atoms with Gasteiger partial charge in [-0.3, -0.25) is 14.9 Å². The van der Waals surface area contributed by atoms with Gasteiger partial charge in [0.05, 0.1) is 42.2 Å². The van der Waals surface area contributed by atoms with Crippen molar-refractivity contribution in [2.75, 3.05) is 14.2 Å². The molecule has 0 saturated carbocycles. The first-order valence-electron chi connectivity index (χ1n) is 10.6. The van der Waals surface area contributed by atoms with Gasteiger partial charge in [-0.1, -0.05) is 0 Å². The van der Waals surface area contributed by atoms with Gasteiger partial charge in [0, 0.05) is 12.1 Å². The maximum Gasteiger partial charge on any atom is 0.361 e. The third kappa shape index (κ3) is 4.48. The summed E-state index contributed by atoms with van der Waals surface area (Å²) in [4.78, 5) is 62.5. The van der Waals surface area contributed by atoms with E-state index in [1.807, 2.05) is 0 Å². The van der Waals surface area contributed by atoms with Crippen molar-refractivity contribution in [2.24, 2.45) is 0 Å². The number of benzene rings is 1. The molecular weight excluding hydrogens is 498 g/mol. The van der Waals surface area contributed by atoms with E-state index in [9.17, 15) is 29.3 Å². The number of esters is 3. The lowest BCUT2D eigenvalue weighted by Gasteiger charge is -2.37. The molecule has 1 aromatic heterocycles. The lowest BCUT2D eigenvalue weighted by atomic mass is 9.96. The summed E-state index contributed by atoms with van der Waals surface area (Å²) in [6, 6.07) is 4.55. The number of methoxy groups -OCH3 is 2. The van der Waals surface area contributed by atoms with Crippen molar-refractivity contribution in [3.8, 4) is 0 Å². The van der Waals surface area contributed by atoms with Crippen LogP contribution in [0.1, 0.15) is 39.9 Å². The molecule has 2 aliphatic rings. The maximum atomic E-state index is 13.2. The van der Waals surface area contributed by atoms with E-state index in [0.29, 0.717) is 5.56 Å². The van der Waals surface area contributed by atoms with E-state index in [1.165, 1.54) is 40.9 Å². The molecule has 4 rings (SSSR count). The van der Waals surface area contributed by atoms with Crippen molar-refractivity contribution in [3.63, 3.8) is 0 Å². The second-order valence-electron chi connectivity index (χ2n) is 8.23. The number of carbonyl (C=O) groups is 4. The monoisotopic (exact) mass is 519 g/mol. The van der Waals surface area contributed by atoms with Gasteiger partial charge >= 0.3 is 17.9 Å². The van der Waals surface area contributed by atoms with Crippen LogP contribution >= 0.6 is 11.8 Å². The third-order valence-corrected chi connectivity index (χ3v) is 7.39. The summed E-state index contributed by atoms with van der Waals surface area (Å²) in [5.74, 6) is -2.66. The Morgan fingerprint density at radius 2 is 1.72 bits per heavy atom. The molecule has 3 atom stereocenters. The van der Waals surface area contributed by atoms with Crippen LogP contribution in [0, 0.1) is 10.1 Å². The van der Waals surface area contributed by atoms with Crippen molar-refractivity contribution >= 4 is 41.3 Å². The minimum Gasteiger partial charge on any atom is -0.464 e. The molecule has 0 N–H and O–H groups in total. The Morgan fingerprint density at radius 1 is 1.14 bits per heavy atom. The zero-order chi connectivity index (χ0) is 26.2. The predicted molar refractivity (Wildman–Crippen MR) is 121 cm³/mol. The Hall–Kier alpha value is -4.01. The molecule has 15 heteroatoms. The number of carbonyl (C=O) groups excluding carboxylic acids is 4. The van der Waals surface area contributed by atoms with Crippen LogP contribution in [0.5, 0.6) is 0 Å². The minimum atomic E-state index is -0.999. The van der Waals surface area contributed by atoms with Crippen LogP contribution in [-0.4, -0.2) is 79.0 Å². The molecule has 0 radical (unpaired) electrons. The molecule has 3 heterocycles. The SMILES string of the molecule is COC(=O)c1nn(CC2(C)SC3CC(=O)N3C2C(=O)OCc2ccc([N+](=O)[O-])cc2)nc1C(=O)OC. The number of nitrogens with zero attached hydrogens (tertiary/aromatic N) is 5. The molecule has 36 heavy (non-hydrogen) atoms. The fourth-order valence-electron chi connectivity index (χ4n) is 4.08. The van der Waals surface area contributed by atoms with E-state index in [0.717, 1.165) is 19.0 Å². The average Bonchev–Trinajstić information content (AvgIpc) is 3.37. The number of ether oxygens (including phenoxy) is 3. The predicted octanol–water partition coefficient (Wildman–Crippen LogP) is 0.935. The molecule has 1 aromatic carbocycles. The second kappa shape index (κ2) is 9.56. The molecule has 2 aromatic rings. The van der Waals surface area contributed by atoms with E-state index in [1.54, 1.807) is 6.92 Å². The fraction of sp³-hybridized carbons (Fsp3) is 0.429. The van der Waals surface area contributed by atoms with Gasteiger partial charge in [0.2, 0.25) is 17.3 Å². The summed E-state index contributed by atoms with van der Waals surface area (Å²) in [5.41, 5.74) is -0.240. The summed E-state index contributed by atoms with van der Waals surface area (Å²) >= 11 is 1.36. The zero-order valence-corrected chi connectivity index (χ0v) is 20.2. The average molecular weight is 519 g/mol. The molecule has 2 saturated heterocycles. The topological polar surface area (TPSA) is 173 Å². The minimum absolute atomic E-state index is 0.0454. The molecular formula is C21H21N5O9S. The zero-order valence-electron chi connectivity index (χ0n) is 19.4. The van der Waals surface area contributed by atoms with Crippen LogP contribution < -0.4 is 0 Å². The summed E-state index contributed by atoms with van der Waals surface area (Å²) < 4.78 is 13.8. The highest BCUT2D eigenvalue weighted by molar-refractivity contribution is 8.01. The molecule has 2 aliphatic heterocycles. The van der Waals surface area contributed by atoms with Gasteiger partial charge in [0.15, 0.2) is 0 Å². The van der Waals surface area contributed by atoms with E-state index < -0.39 is 33.6 Å². The van der Waals surface area contributed by atoms with Crippen molar-refractivity contribution in [2.45, 2.75) is 42.7 Å². The lowest BCUT2D eigenvalue weighted by molar-refractivity contribution is -0.384. The van der Waals surface area contributed by atoms with Crippen molar-refractivity contribution in [3.05, 3.63) is 51.3 Å². The first-order valence-corrected chi connectivity index (χ1v) is 11.5. The molecule has 0 bridgehead atoms. The van der Waals surface area contributed by atoms with E-state index >= 15 is 0 Å². The number of aromatic nitrogens is 3. The number of non-ortho nitro benzene ring substituents is 1. The number of β-lactam (4-membered cyclic amide) rings is 1. The Labute approximate surface area is 208 Å². The fourth-order valence-corrected chi connectivity index (χ4v) is 5.81. The summed E-state index contributed by atoms with van der Waals surface area (Å²) in [5, 5.41) is 18.7. The maximum absolute atomic E-state index is 13.2. The Kier molecular flexibility index (Phi) is 6.67. The highest BCUT2D eigenvalue weighted by Gasteiger charge is 2.61. The van der Waals surface area contributed by atoms with Crippen LogP contribution in [0.15, 0.2) is 24.3 Å². The van der Waals surface area contributed by atoms with Gasteiger partial charge in [-0.25, -0.2) is 14.4 Å². The lowest BCUT2D eigenvalue weighted by Crippen LogP contribution is -2.58. The van der Waals surface area contributed by atoms with Crippen molar-refractivity contribution in [1.82, 2.24) is 19.9 Å². The number of thioether (sulfide) groups is 1. The summed E-state index contributed by atoms with van der Waals surface area (Å²) in [6.45, 7) is 1.54. The molecule has 1 amide bonds. The van der Waals surface area contributed by atoms with Crippen LogP contribution in [0.2, 0.25) is 0 Å². The van der Waals surface area contributed by atoms with Gasteiger partial charge in [-0.05, 0) is 24.6 Å². The first-order chi connectivity index (χ1) is 17.1. The van der Waals surface area contributed by atoms with Crippen molar-refractivity contribution < 1.29 is 38.3 Å². The summed E-state index contributed by atoms with van der Waals surface area (Å²) in [7, 11) is 2.26. The highest BCUT2D eigenvalue weighted by atomic mass is 32.2.